The first kappa shape index (κ1) is 18.2. The van der Waals surface area contributed by atoms with E-state index in [0.717, 1.165) is 6.54 Å². The predicted octanol–water partition coefficient (Wildman–Crippen LogP) is 2.63. The zero-order valence-corrected chi connectivity index (χ0v) is 14.0. The summed E-state index contributed by atoms with van der Waals surface area (Å²) in [5.41, 5.74) is 0. The summed E-state index contributed by atoms with van der Waals surface area (Å²) in [5.74, 6) is -0.302. The van der Waals surface area contributed by atoms with Crippen molar-refractivity contribution >= 4 is 10.1 Å². The first-order valence-electron chi connectivity index (χ1n) is 7.92. The molecule has 0 saturated carbocycles. The lowest BCUT2D eigenvalue weighted by Crippen LogP contribution is -2.36. The summed E-state index contributed by atoms with van der Waals surface area (Å²) in [4.78, 5) is 0. The van der Waals surface area contributed by atoms with Crippen LogP contribution in [-0.2, 0) is 16.7 Å². The minimum absolute atomic E-state index is 0.0273. The van der Waals surface area contributed by atoms with Crippen LogP contribution in [0.1, 0.15) is 64.8 Å². The van der Waals surface area contributed by atoms with Crippen molar-refractivity contribution in [3.63, 3.8) is 0 Å². The maximum atomic E-state index is 10.7. The highest BCUT2D eigenvalue weighted by molar-refractivity contribution is 7.85. The third-order valence-electron chi connectivity index (χ3n) is 3.78. The van der Waals surface area contributed by atoms with Gasteiger partial charge >= 0.3 is 0 Å². The van der Waals surface area contributed by atoms with Gasteiger partial charge in [0.05, 0.1) is 22.7 Å². The number of unbranched alkanes of at least 4 members (excludes halogenated alkanes) is 5. The summed E-state index contributed by atoms with van der Waals surface area (Å²) < 4.78 is 36.1. The molecule has 0 spiro atoms. The molecule has 6 heteroatoms. The summed E-state index contributed by atoms with van der Waals surface area (Å²) in [6.45, 7) is 5.14. The van der Waals surface area contributed by atoms with Gasteiger partial charge in [0.25, 0.3) is 0 Å². The van der Waals surface area contributed by atoms with Crippen molar-refractivity contribution in [3.8, 4) is 0 Å². The molecule has 21 heavy (non-hydrogen) atoms. The number of imidazole rings is 1. The molecule has 1 heterocycles. The molecular weight excluding hydrogens is 288 g/mol. The van der Waals surface area contributed by atoms with Crippen molar-refractivity contribution in [2.24, 2.45) is 0 Å². The molecule has 0 radical (unpaired) electrons. The lowest BCUT2D eigenvalue weighted by molar-refractivity contribution is -0.719. The van der Waals surface area contributed by atoms with E-state index < -0.39 is 10.1 Å². The van der Waals surface area contributed by atoms with Gasteiger partial charge in [0.15, 0.2) is 0 Å². The van der Waals surface area contributed by atoms with Gasteiger partial charge in [0.1, 0.15) is 12.4 Å². The van der Waals surface area contributed by atoms with Crippen LogP contribution in [0.3, 0.4) is 0 Å². The van der Waals surface area contributed by atoms with Crippen molar-refractivity contribution in [3.05, 3.63) is 18.7 Å². The Morgan fingerprint density at radius 3 is 2.52 bits per heavy atom. The smallest absolute Gasteiger partial charge is 0.243 e. The Morgan fingerprint density at radius 1 is 1.19 bits per heavy atom. The molecule has 1 rings (SSSR count). The maximum Gasteiger partial charge on any atom is 0.243 e. The fraction of sp³-hybridized carbons (Fsp3) is 0.800. The third kappa shape index (κ3) is 8.21. The molecule has 1 unspecified atom stereocenters. The van der Waals surface area contributed by atoms with Gasteiger partial charge in [-0.15, -0.1) is 0 Å². The van der Waals surface area contributed by atoms with Gasteiger partial charge in [-0.2, -0.15) is 0 Å². The fourth-order valence-corrected chi connectivity index (χ4v) is 2.97. The van der Waals surface area contributed by atoms with Crippen molar-refractivity contribution in [1.29, 1.82) is 0 Å². The Labute approximate surface area is 128 Å². The van der Waals surface area contributed by atoms with Gasteiger partial charge in [-0.05, 0) is 19.8 Å². The number of hydrogen-bond acceptors (Lipinski definition) is 3. The Hall–Kier alpha value is -0.880. The van der Waals surface area contributed by atoms with Crippen LogP contribution in [0.15, 0.2) is 18.7 Å². The van der Waals surface area contributed by atoms with Crippen LogP contribution in [0.4, 0.5) is 0 Å². The van der Waals surface area contributed by atoms with E-state index in [2.05, 4.69) is 11.5 Å². The van der Waals surface area contributed by atoms with Crippen LogP contribution in [0.5, 0.6) is 0 Å². The summed E-state index contributed by atoms with van der Waals surface area (Å²) >= 11 is 0. The van der Waals surface area contributed by atoms with Crippen LogP contribution >= 0.6 is 0 Å². The van der Waals surface area contributed by atoms with Crippen molar-refractivity contribution in [2.45, 2.75) is 71.4 Å². The standard InChI is InChI=1S/C15H28N2O3S/c1-3-4-5-6-7-8-10-16-11-12-17(14-16)15(2)9-13-21(18,19)20/h11-12,14-15H,3-10,13H2,1-2H3. The summed E-state index contributed by atoms with van der Waals surface area (Å²) in [6, 6.07) is 0.0273. The molecule has 5 nitrogen and oxygen atoms in total. The van der Waals surface area contributed by atoms with E-state index >= 15 is 0 Å². The van der Waals surface area contributed by atoms with Crippen LogP contribution in [0.25, 0.3) is 0 Å². The van der Waals surface area contributed by atoms with Crippen LogP contribution in [-0.4, -0.2) is 23.3 Å². The summed E-state index contributed by atoms with van der Waals surface area (Å²) in [7, 11) is -4.12. The normalized spacial score (nSPS) is 13.5. The number of nitrogens with zero attached hydrogens (tertiary/aromatic N) is 2. The van der Waals surface area contributed by atoms with Crippen LogP contribution in [0, 0.1) is 0 Å². The molecule has 0 bridgehead atoms. The van der Waals surface area contributed by atoms with Crippen molar-refractivity contribution < 1.29 is 17.5 Å². The average Bonchev–Trinajstić information content (AvgIpc) is 2.88. The SMILES string of the molecule is CCCCCCCCn1cc[n+](C(C)CCS(=O)(=O)[O-])c1. The van der Waals surface area contributed by atoms with E-state index in [-0.39, 0.29) is 11.8 Å². The zero-order chi connectivity index (χ0) is 15.7. The lowest BCUT2D eigenvalue weighted by Gasteiger charge is -2.10. The topological polar surface area (TPSA) is 66.0 Å². The molecule has 1 aromatic heterocycles. The van der Waals surface area contributed by atoms with Gasteiger partial charge in [0, 0.05) is 12.2 Å². The highest BCUT2D eigenvalue weighted by Crippen LogP contribution is 2.07. The molecule has 0 aliphatic carbocycles. The van der Waals surface area contributed by atoms with Gasteiger partial charge in [-0.3, -0.25) is 0 Å². The average molecular weight is 316 g/mol. The number of aromatic nitrogens is 2. The van der Waals surface area contributed by atoms with E-state index in [9.17, 15) is 13.0 Å². The fourth-order valence-electron chi connectivity index (χ4n) is 2.34. The molecule has 0 aliphatic rings. The third-order valence-corrected chi connectivity index (χ3v) is 4.51. The van der Waals surface area contributed by atoms with Crippen LogP contribution in [0.2, 0.25) is 0 Å². The highest BCUT2D eigenvalue weighted by atomic mass is 32.2. The molecule has 0 N–H and O–H groups in total. The van der Waals surface area contributed by atoms with Gasteiger partial charge in [-0.1, -0.05) is 32.6 Å². The van der Waals surface area contributed by atoms with E-state index in [1.807, 2.05) is 30.2 Å². The molecule has 0 saturated heterocycles. The predicted molar refractivity (Wildman–Crippen MR) is 81.9 cm³/mol. The van der Waals surface area contributed by atoms with E-state index in [1.165, 1.54) is 38.5 Å². The van der Waals surface area contributed by atoms with Gasteiger partial charge < -0.3 is 4.55 Å². The lowest BCUT2D eigenvalue weighted by atomic mass is 10.1. The largest absolute Gasteiger partial charge is 0.748 e. The number of aryl methyl sites for hydroxylation is 1. The number of rotatable bonds is 11. The zero-order valence-electron chi connectivity index (χ0n) is 13.2. The Balaban J connectivity index is 2.29. The maximum absolute atomic E-state index is 10.7. The second-order valence-electron chi connectivity index (χ2n) is 5.77. The second kappa shape index (κ2) is 9.20. The van der Waals surface area contributed by atoms with Crippen molar-refractivity contribution in [2.75, 3.05) is 5.75 Å². The highest BCUT2D eigenvalue weighted by Gasteiger charge is 2.12. The first-order valence-corrected chi connectivity index (χ1v) is 9.50. The molecule has 122 valence electrons. The monoisotopic (exact) mass is 316 g/mol. The Kier molecular flexibility index (Phi) is 7.96. The summed E-state index contributed by atoms with van der Waals surface area (Å²) in [5, 5.41) is 0. The molecule has 1 aromatic rings. The Morgan fingerprint density at radius 2 is 1.86 bits per heavy atom. The van der Waals surface area contributed by atoms with Gasteiger partial charge in [0.2, 0.25) is 6.33 Å². The molecule has 0 aliphatic heterocycles. The summed E-state index contributed by atoms with van der Waals surface area (Å²) in [6.07, 6.45) is 13.9. The second-order valence-corrected chi connectivity index (χ2v) is 7.29. The van der Waals surface area contributed by atoms with Crippen LogP contribution < -0.4 is 4.57 Å². The number of hydrogen-bond donors (Lipinski definition) is 0. The van der Waals surface area contributed by atoms with E-state index in [4.69, 9.17) is 0 Å². The quantitative estimate of drug-likeness (QED) is 0.358. The molecule has 0 fully saturated rings. The minimum atomic E-state index is -4.12. The van der Waals surface area contributed by atoms with E-state index in [1.54, 1.807) is 0 Å². The minimum Gasteiger partial charge on any atom is -0.748 e. The van der Waals surface area contributed by atoms with Gasteiger partial charge in [-0.25, -0.2) is 17.6 Å². The molecule has 0 aromatic carbocycles. The van der Waals surface area contributed by atoms with Crippen molar-refractivity contribution in [1.82, 2.24) is 4.57 Å². The molecule has 0 amide bonds. The molecular formula is C15H28N2O3S. The Bertz CT molecular complexity index is 497. The van der Waals surface area contributed by atoms with E-state index in [0.29, 0.717) is 6.42 Å². The molecule has 1 atom stereocenters. The first-order chi connectivity index (χ1) is 9.92.